The molecule has 0 fully saturated rings. The summed E-state index contributed by atoms with van der Waals surface area (Å²) in [6.45, 7) is 2.01. The van der Waals surface area contributed by atoms with Gasteiger partial charge in [0, 0.05) is 11.6 Å². The number of hydrogen-bond donors (Lipinski definition) is 1. The van der Waals surface area contributed by atoms with Crippen LogP contribution in [0.5, 0.6) is 10.8 Å². The molecule has 0 saturated carbocycles. The largest absolute Gasteiger partial charge is 0.460 e. The zero-order valence-corrected chi connectivity index (χ0v) is 13.0. The molecule has 0 bridgehead atoms. The molecule has 0 saturated heterocycles. The van der Waals surface area contributed by atoms with Crippen molar-refractivity contribution in [2.24, 2.45) is 0 Å². The number of nitrogen functional groups attached to an aromatic ring is 1. The maximum Gasteiger partial charge on any atom is 0.377 e. The third kappa shape index (κ3) is 3.49. The fraction of sp³-hybridized carbons (Fsp3) is 0.133. The fourth-order valence-electron chi connectivity index (χ4n) is 1.84. The van der Waals surface area contributed by atoms with Gasteiger partial charge in [-0.1, -0.05) is 16.5 Å². The van der Waals surface area contributed by atoms with E-state index >= 15 is 0 Å². The minimum atomic E-state index is -0.533. The Bertz CT molecular complexity index is 810. The number of rotatable bonds is 5. The molecule has 0 atom stereocenters. The first-order valence-corrected chi connectivity index (χ1v) is 7.61. The van der Waals surface area contributed by atoms with E-state index < -0.39 is 5.97 Å². The first kappa shape index (κ1) is 15.0. The normalized spacial score (nSPS) is 10.5. The number of esters is 1. The average molecular weight is 331 g/mol. The Hall–Kier alpha value is -2.87. The Morgan fingerprint density at radius 1 is 1.35 bits per heavy atom. The molecular formula is C15H13N3O4S. The summed E-state index contributed by atoms with van der Waals surface area (Å²) in [5.41, 5.74) is 6.89. The smallest absolute Gasteiger partial charge is 0.377 e. The summed E-state index contributed by atoms with van der Waals surface area (Å²) in [5.74, 6) is 0.183. The van der Waals surface area contributed by atoms with Crippen molar-refractivity contribution in [2.45, 2.75) is 6.92 Å². The Morgan fingerprint density at radius 2 is 2.13 bits per heavy atom. The maximum atomic E-state index is 11.6. The fourth-order valence-corrected chi connectivity index (χ4v) is 2.39. The van der Waals surface area contributed by atoms with Crippen LogP contribution in [0.2, 0.25) is 0 Å². The molecule has 2 heterocycles. The van der Waals surface area contributed by atoms with Crippen molar-refractivity contribution in [1.82, 2.24) is 10.1 Å². The molecule has 0 aliphatic carbocycles. The Morgan fingerprint density at radius 3 is 2.78 bits per heavy atom. The van der Waals surface area contributed by atoms with Gasteiger partial charge in [-0.15, -0.1) is 0 Å². The predicted molar refractivity (Wildman–Crippen MR) is 84.5 cm³/mol. The number of hydrogen-bond acceptors (Lipinski definition) is 8. The lowest BCUT2D eigenvalue weighted by molar-refractivity contribution is 0.0480. The van der Waals surface area contributed by atoms with Gasteiger partial charge in [-0.3, -0.25) is 0 Å². The van der Waals surface area contributed by atoms with Crippen LogP contribution in [-0.4, -0.2) is 22.7 Å². The summed E-state index contributed by atoms with van der Waals surface area (Å²) in [4.78, 5) is 15.5. The summed E-state index contributed by atoms with van der Waals surface area (Å²) in [7, 11) is 0. The summed E-state index contributed by atoms with van der Waals surface area (Å²) in [5, 5.41) is 4.93. The third-order valence-electron chi connectivity index (χ3n) is 2.86. The van der Waals surface area contributed by atoms with Gasteiger partial charge in [-0.05, 0) is 31.2 Å². The van der Waals surface area contributed by atoms with Gasteiger partial charge in [-0.2, -0.15) is 0 Å². The number of benzene rings is 1. The topological polar surface area (TPSA) is 100 Å². The number of thiazole rings is 1. The highest BCUT2D eigenvalue weighted by Crippen LogP contribution is 2.30. The van der Waals surface area contributed by atoms with Crippen LogP contribution in [-0.2, 0) is 4.74 Å². The number of aromatic nitrogens is 2. The molecule has 0 radical (unpaired) electrons. The number of nitrogens with zero attached hydrogens (tertiary/aromatic N) is 2. The molecule has 2 N–H and O–H groups in total. The van der Waals surface area contributed by atoms with E-state index in [0.717, 1.165) is 5.56 Å². The number of nitrogens with two attached hydrogens (primary N) is 1. The molecule has 0 unspecified atom stereocenters. The quantitative estimate of drug-likeness (QED) is 0.715. The van der Waals surface area contributed by atoms with Crippen LogP contribution in [0.15, 0.2) is 41.1 Å². The van der Waals surface area contributed by atoms with Crippen LogP contribution in [0.1, 0.15) is 17.5 Å². The molecule has 1 aromatic carbocycles. The number of anilines is 1. The molecule has 23 heavy (non-hydrogen) atoms. The molecule has 0 spiro atoms. The minimum Gasteiger partial charge on any atom is -0.460 e. The second-order valence-electron chi connectivity index (χ2n) is 4.44. The summed E-state index contributed by atoms with van der Waals surface area (Å²) >= 11 is 1.26. The van der Waals surface area contributed by atoms with Crippen LogP contribution >= 0.6 is 11.3 Å². The van der Waals surface area contributed by atoms with E-state index in [2.05, 4.69) is 10.1 Å². The highest BCUT2D eigenvalue weighted by atomic mass is 32.1. The first-order chi connectivity index (χ1) is 11.2. The number of ether oxygens (including phenoxy) is 2. The van der Waals surface area contributed by atoms with Gasteiger partial charge >= 0.3 is 5.97 Å². The van der Waals surface area contributed by atoms with E-state index in [1.807, 2.05) is 12.1 Å². The maximum absolute atomic E-state index is 11.6. The van der Waals surface area contributed by atoms with Crippen LogP contribution < -0.4 is 10.5 Å². The molecular weight excluding hydrogens is 318 g/mol. The van der Waals surface area contributed by atoms with Crippen molar-refractivity contribution in [3.63, 3.8) is 0 Å². The van der Waals surface area contributed by atoms with Crippen molar-refractivity contribution in [2.75, 3.05) is 12.3 Å². The zero-order chi connectivity index (χ0) is 16.2. The van der Waals surface area contributed by atoms with Crippen LogP contribution in [0, 0.1) is 0 Å². The average Bonchev–Trinajstić information content (AvgIpc) is 3.18. The van der Waals surface area contributed by atoms with Gasteiger partial charge < -0.3 is 19.7 Å². The summed E-state index contributed by atoms with van der Waals surface area (Å²) in [6.07, 6.45) is 1.57. The second-order valence-corrected chi connectivity index (χ2v) is 5.47. The van der Waals surface area contributed by atoms with Gasteiger partial charge in [-0.25, -0.2) is 9.78 Å². The van der Waals surface area contributed by atoms with Crippen molar-refractivity contribution >= 4 is 22.4 Å². The minimum absolute atomic E-state index is 0.0716. The van der Waals surface area contributed by atoms with E-state index in [1.54, 1.807) is 25.3 Å². The van der Waals surface area contributed by atoms with Crippen molar-refractivity contribution < 1.29 is 18.8 Å². The predicted octanol–water partition coefficient (Wildman–Crippen LogP) is 3.35. The molecule has 7 nitrogen and oxygen atoms in total. The number of carbonyl (C=O) groups is 1. The molecule has 3 rings (SSSR count). The van der Waals surface area contributed by atoms with E-state index in [4.69, 9.17) is 19.7 Å². The molecule has 2 aromatic heterocycles. The van der Waals surface area contributed by atoms with Crippen molar-refractivity contribution in [1.29, 1.82) is 0 Å². The SMILES string of the molecule is CCOC(=O)c1cc(-c2ccc(Oc3cnc(N)s3)cc2)no1. The van der Waals surface area contributed by atoms with E-state index in [1.165, 1.54) is 17.4 Å². The van der Waals surface area contributed by atoms with E-state index in [0.29, 0.717) is 21.6 Å². The standard InChI is InChI=1S/C15H13N3O4S/c1-2-20-14(19)12-7-11(18-22-12)9-3-5-10(6-4-9)21-13-8-17-15(16)23-13/h3-8H,2H2,1H3,(H2,16,17). The van der Waals surface area contributed by atoms with Gasteiger partial charge in [0.05, 0.1) is 12.8 Å². The van der Waals surface area contributed by atoms with Crippen LogP contribution in [0.25, 0.3) is 11.3 Å². The molecule has 0 amide bonds. The van der Waals surface area contributed by atoms with E-state index in [9.17, 15) is 4.79 Å². The van der Waals surface area contributed by atoms with Gasteiger partial charge in [0.1, 0.15) is 11.4 Å². The second kappa shape index (κ2) is 6.49. The molecule has 0 aliphatic rings. The first-order valence-electron chi connectivity index (χ1n) is 6.79. The Balaban J connectivity index is 1.73. The third-order valence-corrected chi connectivity index (χ3v) is 3.56. The highest BCUT2D eigenvalue weighted by Gasteiger charge is 2.15. The van der Waals surface area contributed by atoms with Crippen LogP contribution in [0.4, 0.5) is 5.13 Å². The highest BCUT2D eigenvalue weighted by molar-refractivity contribution is 7.17. The molecule has 8 heteroatoms. The zero-order valence-electron chi connectivity index (χ0n) is 12.2. The van der Waals surface area contributed by atoms with Gasteiger partial charge in [0.25, 0.3) is 0 Å². The summed E-state index contributed by atoms with van der Waals surface area (Å²) in [6, 6.07) is 8.73. The number of carbonyl (C=O) groups excluding carboxylic acids is 1. The lowest BCUT2D eigenvalue weighted by Gasteiger charge is -2.02. The monoisotopic (exact) mass is 331 g/mol. The molecule has 0 aliphatic heterocycles. The van der Waals surface area contributed by atoms with Crippen molar-refractivity contribution in [3.05, 3.63) is 42.3 Å². The van der Waals surface area contributed by atoms with Gasteiger partial charge in [0.2, 0.25) is 10.8 Å². The lowest BCUT2D eigenvalue weighted by Crippen LogP contribution is -2.02. The van der Waals surface area contributed by atoms with Crippen LogP contribution in [0.3, 0.4) is 0 Å². The molecule has 3 aromatic rings. The lowest BCUT2D eigenvalue weighted by atomic mass is 10.1. The van der Waals surface area contributed by atoms with Crippen molar-refractivity contribution in [3.8, 4) is 22.1 Å². The Labute approximate surface area is 135 Å². The summed E-state index contributed by atoms with van der Waals surface area (Å²) < 4.78 is 15.5. The van der Waals surface area contributed by atoms with E-state index in [-0.39, 0.29) is 12.4 Å². The Kier molecular flexibility index (Phi) is 4.24. The van der Waals surface area contributed by atoms with Gasteiger partial charge in [0.15, 0.2) is 5.13 Å². The molecule has 118 valence electrons.